The SMILES string of the molecule is CN1CC(=O)N(c2cccc(C3(CN)CC3)c2)CC1=O. The monoisotopic (exact) mass is 273 g/mol. The Balaban J connectivity index is 1.89. The normalized spacial score (nSPS) is 21.3. The second kappa shape index (κ2) is 4.59. The van der Waals surface area contributed by atoms with Crippen molar-refractivity contribution in [1.29, 1.82) is 0 Å². The van der Waals surface area contributed by atoms with Crippen molar-refractivity contribution >= 4 is 17.5 Å². The molecule has 0 spiro atoms. The van der Waals surface area contributed by atoms with Crippen LogP contribution < -0.4 is 10.6 Å². The van der Waals surface area contributed by atoms with Gasteiger partial charge in [0.2, 0.25) is 11.8 Å². The fraction of sp³-hybridized carbons (Fsp3) is 0.467. The number of nitrogens with zero attached hydrogens (tertiary/aromatic N) is 2. The van der Waals surface area contributed by atoms with Crippen LogP contribution in [-0.4, -0.2) is 43.4 Å². The highest BCUT2D eigenvalue weighted by Crippen LogP contribution is 2.47. The number of hydrogen-bond donors (Lipinski definition) is 1. The molecule has 3 rings (SSSR count). The van der Waals surface area contributed by atoms with Gasteiger partial charge in [-0.25, -0.2) is 0 Å². The predicted molar refractivity (Wildman–Crippen MR) is 76.4 cm³/mol. The van der Waals surface area contributed by atoms with Crippen molar-refractivity contribution < 1.29 is 9.59 Å². The number of carbonyl (C=O) groups excluding carboxylic acids is 2. The van der Waals surface area contributed by atoms with Crippen molar-refractivity contribution in [3.05, 3.63) is 29.8 Å². The first-order valence-corrected chi connectivity index (χ1v) is 6.91. The summed E-state index contributed by atoms with van der Waals surface area (Å²) < 4.78 is 0. The summed E-state index contributed by atoms with van der Waals surface area (Å²) in [6.07, 6.45) is 2.20. The van der Waals surface area contributed by atoms with Crippen LogP contribution in [0.15, 0.2) is 24.3 Å². The van der Waals surface area contributed by atoms with Gasteiger partial charge in [0.05, 0.1) is 6.54 Å². The molecule has 1 aliphatic heterocycles. The molecule has 0 atom stereocenters. The molecule has 20 heavy (non-hydrogen) atoms. The van der Waals surface area contributed by atoms with Gasteiger partial charge in [-0.1, -0.05) is 12.1 Å². The number of rotatable bonds is 3. The number of benzene rings is 1. The Bertz CT molecular complexity index is 566. The molecule has 0 unspecified atom stereocenters. The predicted octanol–water partition coefficient (Wildman–Crippen LogP) is 0.482. The van der Waals surface area contributed by atoms with Gasteiger partial charge >= 0.3 is 0 Å². The summed E-state index contributed by atoms with van der Waals surface area (Å²) >= 11 is 0. The lowest BCUT2D eigenvalue weighted by Gasteiger charge is -2.32. The van der Waals surface area contributed by atoms with E-state index in [0.717, 1.165) is 18.5 Å². The number of nitrogens with two attached hydrogens (primary N) is 1. The van der Waals surface area contributed by atoms with E-state index in [9.17, 15) is 9.59 Å². The molecule has 1 aliphatic carbocycles. The van der Waals surface area contributed by atoms with E-state index in [1.165, 1.54) is 10.5 Å². The molecule has 1 saturated carbocycles. The molecule has 5 heteroatoms. The Hall–Kier alpha value is -1.88. The summed E-state index contributed by atoms with van der Waals surface area (Å²) in [5.41, 5.74) is 7.93. The lowest BCUT2D eigenvalue weighted by atomic mass is 9.95. The average Bonchev–Trinajstić information content (AvgIpc) is 3.24. The molecule has 1 aromatic rings. The zero-order chi connectivity index (χ0) is 14.3. The summed E-state index contributed by atoms with van der Waals surface area (Å²) in [6.45, 7) is 0.894. The number of amides is 2. The van der Waals surface area contributed by atoms with Crippen LogP contribution in [0.25, 0.3) is 0 Å². The molecule has 2 aliphatic rings. The zero-order valence-electron chi connectivity index (χ0n) is 11.6. The fourth-order valence-corrected chi connectivity index (χ4v) is 2.72. The van der Waals surface area contributed by atoms with Gasteiger partial charge in [0.1, 0.15) is 6.54 Å². The standard InChI is InChI=1S/C15H19N3O2/c1-17-8-14(20)18(9-13(17)19)12-4-2-3-11(7-12)15(10-16)5-6-15/h2-4,7H,5-6,8-10,16H2,1H3. The number of carbonyl (C=O) groups is 2. The highest BCUT2D eigenvalue weighted by Gasteiger charge is 2.43. The maximum absolute atomic E-state index is 12.1. The first-order chi connectivity index (χ1) is 9.55. The number of piperazine rings is 1. The lowest BCUT2D eigenvalue weighted by Crippen LogP contribution is -2.52. The Morgan fingerprint density at radius 1 is 1.20 bits per heavy atom. The first kappa shape index (κ1) is 13.1. The van der Waals surface area contributed by atoms with Crippen LogP contribution in [0, 0.1) is 0 Å². The highest BCUT2D eigenvalue weighted by molar-refractivity contribution is 6.04. The van der Waals surface area contributed by atoms with Gasteiger partial charge in [-0.3, -0.25) is 9.59 Å². The average molecular weight is 273 g/mol. The van der Waals surface area contributed by atoms with Gasteiger partial charge < -0.3 is 15.5 Å². The molecular weight excluding hydrogens is 254 g/mol. The van der Waals surface area contributed by atoms with Crippen LogP contribution >= 0.6 is 0 Å². The Morgan fingerprint density at radius 3 is 2.60 bits per heavy atom. The molecule has 1 heterocycles. The van der Waals surface area contributed by atoms with E-state index in [4.69, 9.17) is 5.73 Å². The maximum atomic E-state index is 12.1. The van der Waals surface area contributed by atoms with Gasteiger partial charge in [0.25, 0.3) is 0 Å². The molecular formula is C15H19N3O2. The molecule has 0 radical (unpaired) electrons. The Morgan fingerprint density at radius 2 is 1.95 bits per heavy atom. The summed E-state index contributed by atoms with van der Waals surface area (Å²) in [6, 6.07) is 7.89. The van der Waals surface area contributed by atoms with Crippen LogP contribution in [0.4, 0.5) is 5.69 Å². The third kappa shape index (κ3) is 2.08. The van der Waals surface area contributed by atoms with Crippen molar-refractivity contribution in [2.75, 3.05) is 31.6 Å². The van der Waals surface area contributed by atoms with Crippen LogP contribution in [0.3, 0.4) is 0 Å². The number of likely N-dealkylation sites (N-methyl/N-ethyl adjacent to an activating group) is 1. The third-order valence-corrected chi connectivity index (χ3v) is 4.41. The minimum absolute atomic E-state index is 0.0324. The van der Waals surface area contributed by atoms with Gasteiger partial charge in [-0.15, -0.1) is 0 Å². The maximum Gasteiger partial charge on any atom is 0.247 e. The molecule has 0 bridgehead atoms. The smallest absolute Gasteiger partial charge is 0.247 e. The number of anilines is 1. The molecule has 0 aromatic heterocycles. The van der Waals surface area contributed by atoms with E-state index in [1.807, 2.05) is 18.2 Å². The van der Waals surface area contributed by atoms with Crippen molar-refractivity contribution in [3.8, 4) is 0 Å². The summed E-state index contributed by atoms with van der Waals surface area (Å²) in [4.78, 5) is 26.9. The fourth-order valence-electron chi connectivity index (χ4n) is 2.72. The van der Waals surface area contributed by atoms with Crippen LogP contribution in [0.2, 0.25) is 0 Å². The van der Waals surface area contributed by atoms with Crippen molar-refractivity contribution in [2.24, 2.45) is 5.73 Å². The van der Waals surface area contributed by atoms with Gasteiger partial charge in [-0.2, -0.15) is 0 Å². The molecule has 5 nitrogen and oxygen atoms in total. The highest BCUT2D eigenvalue weighted by atomic mass is 16.2. The van der Waals surface area contributed by atoms with Crippen molar-refractivity contribution in [3.63, 3.8) is 0 Å². The third-order valence-electron chi connectivity index (χ3n) is 4.41. The summed E-state index contributed by atoms with van der Waals surface area (Å²) in [5.74, 6) is -0.0724. The van der Waals surface area contributed by atoms with Crippen LogP contribution in [-0.2, 0) is 15.0 Å². The minimum Gasteiger partial charge on any atom is -0.335 e. The molecule has 1 aromatic carbocycles. The van der Waals surface area contributed by atoms with Crippen LogP contribution in [0.5, 0.6) is 0 Å². The topological polar surface area (TPSA) is 66.6 Å². The second-order valence-electron chi connectivity index (χ2n) is 5.76. The minimum atomic E-state index is -0.0400. The lowest BCUT2D eigenvalue weighted by molar-refractivity contribution is -0.136. The Kier molecular flexibility index (Phi) is 3.01. The van der Waals surface area contributed by atoms with E-state index in [1.54, 1.807) is 11.9 Å². The molecule has 2 N–H and O–H groups in total. The summed E-state index contributed by atoms with van der Waals surface area (Å²) in [5, 5.41) is 0. The molecule has 2 amide bonds. The van der Waals surface area contributed by atoms with E-state index in [2.05, 4.69) is 6.07 Å². The van der Waals surface area contributed by atoms with E-state index in [0.29, 0.717) is 6.54 Å². The van der Waals surface area contributed by atoms with Crippen molar-refractivity contribution in [2.45, 2.75) is 18.3 Å². The van der Waals surface area contributed by atoms with Crippen molar-refractivity contribution in [1.82, 2.24) is 4.90 Å². The van der Waals surface area contributed by atoms with E-state index in [-0.39, 0.29) is 30.3 Å². The van der Waals surface area contributed by atoms with E-state index >= 15 is 0 Å². The quantitative estimate of drug-likeness (QED) is 0.871. The van der Waals surface area contributed by atoms with Gasteiger partial charge in [0, 0.05) is 24.7 Å². The largest absolute Gasteiger partial charge is 0.335 e. The molecule has 106 valence electrons. The molecule has 2 fully saturated rings. The molecule has 1 saturated heterocycles. The van der Waals surface area contributed by atoms with E-state index < -0.39 is 0 Å². The van der Waals surface area contributed by atoms with Crippen LogP contribution in [0.1, 0.15) is 18.4 Å². The number of hydrogen-bond acceptors (Lipinski definition) is 3. The Labute approximate surface area is 118 Å². The van der Waals surface area contributed by atoms with Gasteiger partial charge in [0.15, 0.2) is 0 Å². The zero-order valence-corrected chi connectivity index (χ0v) is 11.6. The summed E-state index contributed by atoms with van der Waals surface area (Å²) in [7, 11) is 1.65. The van der Waals surface area contributed by atoms with Gasteiger partial charge in [-0.05, 0) is 30.5 Å². The second-order valence-corrected chi connectivity index (χ2v) is 5.76. The first-order valence-electron chi connectivity index (χ1n) is 6.91.